The van der Waals surface area contributed by atoms with E-state index < -0.39 is 0 Å². The molecule has 0 saturated carbocycles. The third-order valence-corrected chi connectivity index (χ3v) is 5.43. The van der Waals surface area contributed by atoms with Gasteiger partial charge in [-0.1, -0.05) is 41.5 Å². The molecule has 0 bridgehead atoms. The average Bonchev–Trinajstić information content (AvgIpc) is 3.02. The molecule has 2 aromatic carbocycles. The lowest BCUT2D eigenvalue weighted by Gasteiger charge is -2.31. The van der Waals surface area contributed by atoms with Gasteiger partial charge in [0, 0.05) is 31.5 Å². The summed E-state index contributed by atoms with van der Waals surface area (Å²) in [5, 5.41) is 0. The molecule has 27 heavy (non-hydrogen) atoms. The number of methoxy groups -OCH3 is 1. The van der Waals surface area contributed by atoms with E-state index in [4.69, 9.17) is 4.74 Å². The number of hydrogen-bond donors (Lipinski definition) is 0. The third kappa shape index (κ3) is 3.79. The second-order valence-corrected chi connectivity index (χ2v) is 7.63. The van der Waals surface area contributed by atoms with Crippen LogP contribution < -0.4 is 4.74 Å². The van der Waals surface area contributed by atoms with E-state index >= 15 is 0 Å². The number of ether oxygens (including phenoxy) is 1. The van der Waals surface area contributed by atoms with Gasteiger partial charge >= 0.3 is 0 Å². The first-order chi connectivity index (χ1) is 13.1. The number of fused-ring (bicyclic) bond motifs is 1. The van der Waals surface area contributed by atoms with E-state index in [1.807, 2.05) is 6.07 Å². The lowest BCUT2D eigenvalue weighted by atomic mass is 10.00. The number of benzene rings is 2. The molecule has 0 spiro atoms. The first kappa shape index (κ1) is 17.9. The van der Waals surface area contributed by atoms with Crippen LogP contribution in [0.1, 0.15) is 40.4 Å². The molecule has 0 amide bonds. The standard InChI is InChI=1S/C24H28N2O/c1-18-13-19(2)15-20(14-18)17-26-12-6-11-25-10-5-9-23(25)24(26)21-7-4-8-22(16-21)27-3/h4-5,7-10,13-16,24H,6,11-12,17H2,1-3H3/t24-/m0/s1. The van der Waals surface area contributed by atoms with Crippen LogP contribution in [0.5, 0.6) is 5.75 Å². The second kappa shape index (κ2) is 7.61. The number of hydrogen-bond acceptors (Lipinski definition) is 2. The van der Waals surface area contributed by atoms with E-state index in [2.05, 4.69) is 78.0 Å². The van der Waals surface area contributed by atoms with Gasteiger partial charge in [-0.05, 0) is 55.7 Å². The van der Waals surface area contributed by atoms with Crippen LogP contribution in [0.25, 0.3) is 0 Å². The van der Waals surface area contributed by atoms with Crippen LogP contribution in [0.15, 0.2) is 60.8 Å². The summed E-state index contributed by atoms with van der Waals surface area (Å²) in [5.41, 5.74) is 6.72. The molecule has 2 heterocycles. The molecule has 4 rings (SSSR count). The molecule has 0 radical (unpaired) electrons. The van der Waals surface area contributed by atoms with Crippen LogP contribution in [0.3, 0.4) is 0 Å². The number of nitrogens with zero attached hydrogens (tertiary/aromatic N) is 2. The van der Waals surface area contributed by atoms with Gasteiger partial charge in [0.2, 0.25) is 0 Å². The smallest absolute Gasteiger partial charge is 0.119 e. The molecule has 0 unspecified atom stereocenters. The molecule has 1 aliphatic rings. The lowest BCUT2D eigenvalue weighted by Crippen LogP contribution is -2.29. The summed E-state index contributed by atoms with van der Waals surface area (Å²) in [7, 11) is 1.74. The quantitative estimate of drug-likeness (QED) is 0.643. The predicted octanol–water partition coefficient (Wildman–Crippen LogP) is 5.11. The molecule has 0 aliphatic carbocycles. The largest absolute Gasteiger partial charge is 0.497 e. The average molecular weight is 361 g/mol. The fraction of sp³-hybridized carbons (Fsp3) is 0.333. The molecule has 0 fully saturated rings. The summed E-state index contributed by atoms with van der Waals surface area (Å²) in [5.74, 6) is 0.918. The van der Waals surface area contributed by atoms with Crippen LogP contribution in [-0.4, -0.2) is 23.1 Å². The normalized spacial score (nSPS) is 17.4. The molecule has 3 aromatic rings. The highest BCUT2D eigenvalue weighted by Gasteiger charge is 2.27. The van der Waals surface area contributed by atoms with Gasteiger partial charge in [-0.25, -0.2) is 0 Å². The zero-order chi connectivity index (χ0) is 18.8. The van der Waals surface area contributed by atoms with Crippen LogP contribution in [0, 0.1) is 13.8 Å². The second-order valence-electron chi connectivity index (χ2n) is 7.63. The molecular weight excluding hydrogens is 332 g/mol. The van der Waals surface area contributed by atoms with Gasteiger partial charge in [-0.15, -0.1) is 0 Å². The van der Waals surface area contributed by atoms with Gasteiger partial charge in [0.25, 0.3) is 0 Å². The highest BCUT2D eigenvalue weighted by atomic mass is 16.5. The molecule has 140 valence electrons. The Morgan fingerprint density at radius 3 is 2.56 bits per heavy atom. The molecule has 1 aliphatic heterocycles. The van der Waals surface area contributed by atoms with Crippen molar-refractivity contribution in [2.45, 2.75) is 39.4 Å². The van der Waals surface area contributed by atoms with Gasteiger partial charge in [0.05, 0.1) is 13.2 Å². The highest BCUT2D eigenvalue weighted by molar-refractivity contribution is 5.36. The van der Waals surface area contributed by atoms with Crippen LogP contribution in [0.4, 0.5) is 0 Å². The topological polar surface area (TPSA) is 17.4 Å². The SMILES string of the molecule is COc1cccc([C@H]2c3cccn3CCCN2Cc2cc(C)cc(C)c2)c1. The predicted molar refractivity (Wildman–Crippen MR) is 110 cm³/mol. The van der Waals surface area contributed by atoms with Gasteiger partial charge < -0.3 is 9.30 Å². The Kier molecular flexibility index (Phi) is 5.04. The lowest BCUT2D eigenvalue weighted by molar-refractivity contribution is 0.220. The summed E-state index contributed by atoms with van der Waals surface area (Å²) in [6.45, 7) is 7.48. The Bertz CT molecular complexity index is 907. The molecule has 0 N–H and O–H groups in total. The van der Waals surface area contributed by atoms with E-state index in [1.165, 1.54) is 27.9 Å². The third-order valence-electron chi connectivity index (χ3n) is 5.43. The Hall–Kier alpha value is -2.52. The molecular formula is C24H28N2O. The summed E-state index contributed by atoms with van der Waals surface area (Å²) in [6.07, 6.45) is 3.37. The summed E-state index contributed by atoms with van der Waals surface area (Å²) < 4.78 is 7.91. The number of aryl methyl sites for hydroxylation is 3. The van der Waals surface area contributed by atoms with Crippen molar-refractivity contribution in [2.75, 3.05) is 13.7 Å². The van der Waals surface area contributed by atoms with Crippen molar-refractivity contribution in [3.05, 3.63) is 88.7 Å². The fourth-order valence-electron chi connectivity index (χ4n) is 4.40. The fourth-order valence-corrected chi connectivity index (χ4v) is 4.40. The Morgan fingerprint density at radius 1 is 0.963 bits per heavy atom. The Labute approximate surface area is 162 Å². The van der Waals surface area contributed by atoms with Crippen molar-refractivity contribution in [1.82, 2.24) is 9.47 Å². The van der Waals surface area contributed by atoms with E-state index in [1.54, 1.807) is 7.11 Å². The van der Waals surface area contributed by atoms with E-state index in [0.29, 0.717) is 0 Å². The molecule has 3 heteroatoms. The van der Waals surface area contributed by atoms with Gasteiger partial charge in [0.15, 0.2) is 0 Å². The minimum atomic E-state index is 0.235. The van der Waals surface area contributed by atoms with E-state index in [0.717, 1.165) is 31.8 Å². The first-order valence-electron chi connectivity index (χ1n) is 9.74. The monoisotopic (exact) mass is 360 g/mol. The minimum Gasteiger partial charge on any atom is -0.497 e. The van der Waals surface area contributed by atoms with Crippen molar-refractivity contribution in [2.24, 2.45) is 0 Å². The molecule has 0 saturated heterocycles. The number of aromatic nitrogens is 1. The first-order valence-corrected chi connectivity index (χ1v) is 9.74. The van der Waals surface area contributed by atoms with E-state index in [-0.39, 0.29) is 6.04 Å². The van der Waals surface area contributed by atoms with Crippen molar-refractivity contribution in [3.8, 4) is 5.75 Å². The van der Waals surface area contributed by atoms with Crippen LogP contribution in [0.2, 0.25) is 0 Å². The number of rotatable bonds is 4. The Balaban J connectivity index is 1.75. The van der Waals surface area contributed by atoms with Crippen molar-refractivity contribution < 1.29 is 4.74 Å². The van der Waals surface area contributed by atoms with Crippen molar-refractivity contribution >= 4 is 0 Å². The van der Waals surface area contributed by atoms with Gasteiger partial charge in [0.1, 0.15) is 5.75 Å². The highest BCUT2D eigenvalue weighted by Crippen LogP contribution is 2.34. The summed E-state index contributed by atoms with van der Waals surface area (Å²) in [4.78, 5) is 2.61. The zero-order valence-corrected chi connectivity index (χ0v) is 16.5. The van der Waals surface area contributed by atoms with Gasteiger partial charge in [-0.2, -0.15) is 0 Å². The molecule has 1 atom stereocenters. The summed E-state index contributed by atoms with van der Waals surface area (Å²) >= 11 is 0. The van der Waals surface area contributed by atoms with Crippen molar-refractivity contribution in [1.29, 1.82) is 0 Å². The van der Waals surface area contributed by atoms with E-state index in [9.17, 15) is 0 Å². The molecule has 1 aromatic heterocycles. The summed E-state index contributed by atoms with van der Waals surface area (Å²) in [6, 6.07) is 20.1. The maximum atomic E-state index is 5.51. The maximum absolute atomic E-state index is 5.51. The zero-order valence-electron chi connectivity index (χ0n) is 16.5. The minimum absolute atomic E-state index is 0.235. The van der Waals surface area contributed by atoms with Crippen LogP contribution >= 0.6 is 0 Å². The maximum Gasteiger partial charge on any atom is 0.119 e. The molecule has 3 nitrogen and oxygen atoms in total. The van der Waals surface area contributed by atoms with Crippen molar-refractivity contribution in [3.63, 3.8) is 0 Å². The Morgan fingerprint density at radius 2 is 1.78 bits per heavy atom. The van der Waals surface area contributed by atoms with Crippen LogP contribution in [-0.2, 0) is 13.1 Å². The van der Waals surface area contributed by atoms with Gasteiger partial charge in [-0.3, -0.25) is 4.90 Å².